The van der Waals surface area contributed by atoms with Crippen LogP contribution < -0.4 is 5.32 Å². The van der Waals surface area contributed by atoms with Crippen molar-refractivity contribution in [3.05, 3.63) is 29.8 Å². The molecule has 0 spiro atoms. The number of carbonyl (C=O) groups is 1. The van der Waals surface area contributed by atoms with Crippen LogP contribution in [0.1, 0.15) is 50.4 Å². The zero-order valence-corrected chi connectivity index (χ0v) is 12.9. The highest BCUT2D eigenvalue weighted by atomic mass is 16.5. The summed E-state index contributed by atoms with van der Waals surface area (Å²) >= 11 is 0. The Labute approximate surface area is 121 Å². The van der Waals surface area contributed by atoms with Crippen molar-refractivity contribution in [2.75, 3.05) is 12.4 Å². The van der Waals surface area contributed by atoms with Crippen molar-refractivity contribution in [3.8, 4) is 0 Å². The maximum atomic E-state index is 12.3. The molecule has 1 fully saturated rings. The molecule has 20 heavy (non-hydrogen) atoms. The smallest absolute Gasteiger partial charge is 0.340 e. The fourth-order valence-corrected chi connectivity index (χ4v) is 3.44. The zero-order valence-electron chi connectivity index (χ0n) is 12.9. The van der Waals surface area contributed by atoms with Gasteiger partial charge in [-0.1, -0.05) is 32.9 Å². The number of ether oxygens (including phenoxy) is 1. The third kappa shape index (κ3) is 3.53. The molecule has 0 aromatic heterocycles. The molecule has 0 bridgehead atoms. The molecular formula is C17H25NO2. The third-order valence-corrected chi connectivity index (χ3v) is 4.04. The molecule has 1 aromatic carbocycles. The number of esters is 1. The Morgan fingerprint density at radius 2 is 2.00 bits per heavy atom. The first kappa shape index (κ1) is 14.9. The summed E-state index contributed by atoms with van der Waals surface area (Å²) < 4.78 is 5.75. The van der Waals surface area contributed by atoms with Gasteiger partial charge in [0.2, 0.25) is 0 Å². The normalized spacial score (nSPS) is 25.0. The van der Waals surface area contributed by atoms with Crippen LogP contribution in [0.4, 0.5) is 5.69 Å². The monoisotopic (exact) mass is 275 g/mol. The van der Waals surface area contributed by atoms with E-state index in [0.29, 0.717) is 11.5 Å². The summed E-state index contributed by atoms with van der Waals surface area (Å²) in [5.74, 6) is 0.390. The molecule has 0 heterocycles. The van der Waals surface area contributed by atoms with Crippen LogP contribution in [0.3, 0.4) is 0 Å². The number of hydrogen-bond acceptors (Lipinski definition) is 3. The fourth-order valence-electron chi connectivity index (χ4n) is 3.44. The molecule has 110 valence electrons. The van der Waals surface area contributed by atoms with Gasteiger partial charge in [0.25, 0.3) is 0 Å². The predicted molar refractivity (Wildman–Crippen MR) is 82.0 cm³/mol. The molecule has 2 atom stereocenters. The summed E-state index contributed by atoms with van der Waals surface area (Å²) in [6, 6.07) is 7.48. The number of para-hydroxylation sites is 1. The Morgan fingerprint density at radius 1 is 1.30 bits per heavy atom. The second kappa shape index (κ2) is 5.86. The minimum absolute atomic E-state index is 0.0335. The molecule has 1 N–H and O–H groups in total. The first-order valence-electron chi connectivity index (χ1n) is 7.39. The SMILES string of the molecule is CNc1ccccc1C(=O)OC1CC(C)CC(C)(C)C1. The van der Waals surface area contributed by atoms with Crippen LogP contribution in [-0.2, 0) is 4.74 Å². The molecule has 1 saturated carbocycles. The number of nitrogens with one attached hydrogen (secondary N) is 1. The molecule has 3 heteroatoms. The van der Waals surface area contributed by atoms with Crippen LogP contribution in [0, 0.1) is 11.3 Å². The topological polar surface area (TPSA) is 38.3 Å². The lowest BCUT2D eigenvalue weighted by Crippen LogP contribution is -2.34. The van der Waals surface area contributed by atoms with Gasteiger partial charge in [-0.25, -0.2) is 4.79 Å². The van der Waals surface area contributed by atoms with Gasteiger partial charge < -0.3 is 10.1 Å². The molecule has 3 nitrogen and oxygen atoms in total. The average molecular weight is 275 g/mol. The molecule has 0 amide bonds. The summed E-state index contributed by atoms with van der Waals surface area (Å²) in [5, 5.41) is 3.04. The summed E-state index contributed by atoms with van der Waals surface area (Å²) in [7, 11) is 1.82. The van der Waals surface area contributed by atoms with Gasteiger partial charge in [0.15, 0.2) is 0 Å². The van der Waals surface area contributed by atoms with E-state index in [1.165, 1.54) is 6.42 Å². The molecule has 1 aliphatic carbocycles. The van der Waals surface area contributed by atoms with Crippen molar-refractivity contribution in [3.63, 3.8) is 0 Å². The fraction of sp³-hybridized carbons (Fsp3) is 0.588. The van der Waals surface area contributed by atoms with E-state index in [1.54, 1.807) is 0 Å². The van der Waals surface area contributed by atoms with Crippen LogP contribution in [0.5, 0.6) is 0 Å². The standard InChI is InChI=1S/C17H25NO2/c1-12-9-13(11-17(2,3)10-12)20-16(19)14-7-5-6-8-15(14)18-4/h5-8,12-13,18H,9-11H2,1-4H3. The molecule has 1 aliphatic rings. The van der Waals surface area contributed by atoms with E-state index in [9.17, 15) is 4.79 Å². The van der Waals surface area contributed by atoms with Crippen LogP contribution in [0.15, 0.2) is 24.3 Å². The minimum atomic E-state index is -0.218. The Balaban J connectivity index is 2.08. The van der Waals surface area contributed by atoms with Gasteiger partial charge in [-0.05, 0) is 42.7 Å². The van der Waals surface area contributed by atoms with Crippen LogP contribution in [0.2, 0.25) is 0 Å². The summed E-state index contributed by atoms with van der Waals surface area (Å²) in [6.45, 7) is 6.75. The predicted octanol–water partition coefficient (Wildman–Crippen LogP) is 4.10. The third-order valence-electron chi connectivity index (χ3n) is 4.04. The van der Waals surface area contributed by atoms with E-state index in [4.69, 9.17) is 4.74 Å². The van der Waals surface area contributed by atoms with Crippen LogP contribution in [-0.4, -0.2) is 19.1 Å². The van der Waals surface area contributed by atoms with Gasteiger partial charge in [-0.3, -0.25) is 0 Å². The second-order valence-corrected chi connectivity index (χ2v) is 6.74. The van der Waals surface area contributed by atoms with E-state index in [0.717, 1.165) is 18.5 Å². The van der Waals surface area contributed by atoms with Gasteiger partial charge in [0.1, 0.15) is 6.10 Å². The molecule has 0 aliphatic heterocycles. The van der Waals surface area contributed by atoms with E-state index < -0.39 is 0 Å². The Hall–Kier alpha value is -1.51. The van der Waals surface area contributed by atoms with E-state index in [2.05, 4.69) is 26.1 Å². The number of carbonyl (C=O) groups excluding carboxylic acids is 1. The van der Waals surface area contributed by atoms with Crippen LogP contribution in [0.25, 0.3) is 0 Å². The number of benzene rings is 1. The molecule has 2 unspecified atom stereocenters. The Kier molecular flexibility index (Phi) is 4.36. The number of hydrogen-bond donors (Lipinski definition) is 1. The summed E-state index contributed by atoms with van der Waals surface area (Å²) in [4.78, 5) is 12.3. The first-order valence-corrected chi connectivity index (χ1v) is 7.39. The van der Waals surface area contributed by atoms with Crippen molar-refractivity contribution in [2.45, 2.75) is 46.1 Å². The van der Waals surface area contributed by atoms with Crippen molar-refractivity contribution < 1.29 is 9.53 Å². The van der Waals surface area contributed by atoms with Gasteiger partial charge in [0, 0.05) is 12.7 Å². The van der Waals surface area contributed by atoms with Gasteiger partial charge in [0.05, 0.1) is 5.56 Å². The number of anilines is 1. The first-order chi connectivity index (χ1) is 9.41. The van der Waals surface area contributed by atoms with Gasteiger partial charge in [-0.15, -0.1) is 0 Å². The number of rotatable bonds is 3. The van der Waals surface area contributed by atoms with Crippen molar-refractivity contribution in [1.82, 2.24) is 0 Å². The average Bonchev–Trinajstić information content (AvgIpc) is 2.36. The maximum Gasteiger partial charge on any atom is 0.340 e. The Morgan fingerprint density at radius 3 is 2.65 bits per heavy atom. The summed E-state index contributed by atoms with van der Waals surface area (Å²) in [6.07, 6.45) is 3.15. The van der Waals surface area contributed by atoms with E-state index in [1.807, 2.05) is 31.3 Å². The van der Waals surface area contributed by atoms with Crippen LogP contribution >= 0.6 is 0 Å². The molecule has 0 radical (unpaired) electrons. The van der Waals surface area contributed by atoms with Crippen molar-refractivity contribution in [1.29, 1.82) is 0 Å². The molecular weight excluding hydrogens is 250 g/mol. The molecule has 1 aromatic rings. The van der Waals surface area contributed by atoms with Crippen molar-refractivity contribution in [2.24, 2.45) is 11.3 Å². The lowest BCUT2D eigenvalue weighted by atomic mass is 9.71. The lowest BCUT2D eigenvalue weighted by Gasteiger charge is -2.38. The second-order valence-electron chi connectivity index (χ2n) is 6.74. The Bertz CT molecular complexity index is 482. The summed E-state index contributed by atoms with van der Waals surface area (Å²) in [5.41, 5.74) is 1.69. The quantitative estimate of drug-likeness (QED) is 0.844. The highest BCUT2D eigenvalue weighted by molar-refractivity contribution is 5.95. The highest BCUT2D eigenvalue weighted by Gasteiger charge is 2.34. The van der Waals surface area contributed by atoms with E-state index >= 15 is 0 Å². The lowest BCUT2D eigenvalue weighted by molar-refractivity contribution is -0.00705. The van der Waals surface area contributed by atoms with Gasteiger partial charge in [-0.2, -0.15) is 0 Å². The minimum Gasteiger partial charge on any atom is -0.459 e. The molecule has 2 rings (SSSR count). The van der Waals surface area contributed by atoms with Crippen molar-refractivity contribution >= 4 is 11.7 Å². The highest BCUT2D eigenvalue weighted by Crippen LogP contribution is 2.40. The largest absolute Gasteiger partial charge is 0.459 e. The van der Waals surface area contributed by atoms with Gasteiger partial charge >= 0.3 is 5.97 Å². The molecule has 0 saturated heterocycles. The zero-order chi connectivity index (χ0) is 14.8. The van der Waals surface area contributed by atoms with E-state index in [-0.39, 0.29) is 17.5 Å². The maximum absolute atomic E-state index is 12.3.